The highest BCUT2D eigenvalue weighted by atomic mass is 79.9. The molecule has 0 aliphatic rings. The van der Waals surface area contributed by atoms with Crippen LogP contribution in [-0.2, 0) is 0 Å². The molecule has 18 heavy (non-hydrogen) atoms. The lowest BCUT2D eigenvalue weighted by atomic mass is 10.1. The first-order valence-electron chi connectivity index (χ1n) is 5.12. The van der Waals surface area contributed by atoms with Crippen LogP contribution in [-0.4, -0.2) is 9.97 Å². The maximum Gasteiger partial charge on any atom is 0.222 e. The van der Waals surface area contributed by atoms with Crippen LogP contribution in [0.25, 0.3) is 11.3 Å². The molecule has 2 aromatic rings. The van der Waals surface area contributed by atoms with E-state index in [-0.39, 0.29) is 17.3 Å². The van der Waals surface area contributed by atoms with Gasteiger partial charge in [-0.05, 0) is 18.6 Å². The highest BCUT2D eigenvalue weighted by Crippen LogP contribution is 2.31. The fourth-order valence-corrected chi connectivity index (χ4v) is 2.29. The summed E-state index contributed by atoms with van der Waals surface area (Å²) in [6.45, 7) is 1.97. The zero-order valence-corrected chi connectivity index (χ0v) is 11.2. The zero-order valence-electron chi connectivity index (χ0n) is 9.61. The van der Waals surface area contributed by atoms with Crippen molar-refractivity contribution >= 4 is 27.7 Å². The molecule has 0 aliphatic carbocycles. The minimum absolute atomic E-state index is 0.0500. The van der Waals surface area contributed by atoms with Gasteiger partial charge in [0.2, 0.25) is 5.95 Å². The molecular formula is C12H10BrN5. The topological polar surface area (TPSA) is 102 Å². The van der Waals surface area contributed by atoms with Crippen molar-refractivity contribution in [3.8, 4) is 17.3 Å². The third kappa shape index (κ3) is 2.13. The number of rotatable bonds is 1. The van der Waals surface area contributed by atoms with Crippen molar-refractivity contribution in [3.05, 3.63) is 33.8 Å². The average molecular weight is 304 g/mol. The standard InChI is InChI=1S/C12H10BrN5/c1-6-2-3-7(9(13)4-6)10-8(5-14)11(15)18-12(16)17-10/h2-4H,1H3,(H4,15,16,17,18). The summed E-state index contributed by atoms with van der Waals surface area (Å²) in [7, 11) is 0. The number of nitriles is 1. The average Bonchev–Trinajstić information content (AvgIpc) is 2.28. The Labute approximate surface area is 113 Å². The van der Waals surface area contributed by atoms with E-state index in [1.165, 1.54) is 0 Å². The first kappa shape index (κ1) is 12.3. The zero-order chi connectivity index (χ0) is 13.3. The van der Waals surface area contributed by atoms with E-state index in [2.05, 4.69) is 25.9 Å². The number of aromatic nitrogens is 2. The van der Waals surface area contributed by atoms with Crippen molar-refractivity contribution in [1.29, 1.82) is 5.26 Å². The van der Waals surface area contributed by atoms with Gasteiger partial charge >= 0.3 is 0 Å². The van der Waals surface area contributed by atoms with Gasteiger partial charge in [0.05, 0.1) is 5.69 Å². The van der Waals surface area contributed by atoms with E-state index in [0.29, 0.717) is 5.69 Å². The number of nitrogen functional groups attached to an aromatic ring is 2. The lowest BCUT2D eigenvalue weighted by Crippen LogP contribution is -2.05. The van der Waals surface area contributed by atoms with Crippen LogP contribution in [0.5, 0.6) is 0 Å². The van der Waals surface area contributed by atoms with Crippen LogP contribution < -0.4 is 11.5 Å². The molecule has 5 nitrogen and oxygen atoms in total. The van der Waals surface area contributed by atoms with Crippen molar-refractivity contribution in [2.75, 3.05) is 11.5 Å². The van der Waals surface area contributed by atoms with Gasteiger partial charge in [0, 0.05) is 10.0 Å². The molecule has 4 N–H and O–H groups in total. The Bertz CT molecular complexity index is 660. The Morgan fingerprint density at radius 3 is 2.61 bits per heavy atom. The van der Waals surface area contributed by atoms with E-state index < -0.39 is 0 Å². The summed E-state index contributed by atoms with van der Waals surface area (Å²) < 4.78 is 0.830. The summed E-state index contributed by atoms with van der Waals surface area (Å²) in [5, 5.41) is 9.13. The summed E-state index contributed by atoms with van der Waals surface area (Å²) in [4.78, 5) is 7.88. The maximum absolute atomic E-state index is 9.13. The first-order chi connectivity index (χ1) is 8.52. The number of hydrogen-bond donors (Lipinski definition) is 2. The molecule has 90 valence electrons. The van der Waals surface area contributed by atoms with Crippen molar-refractivity contribution in [1.82, 2.24) is 9.97 Å². The minimum atomic E-state index is 0.0500. The second kappa shape index (κ2) is 4.63. The molecule has 0 unspecified atom stereocenters. The van der Waals surface area contributed by atoms with Crippen LogP contribution in [0, 0.1) is 18.3 Å². The summed E-state index contributed by atoms with van der Waals surface area (Å²) in [6.07, 6.45) is 0. The minimum Gasteiger partial charge on any atom is -0.382 e. The van der Waals surface area contributed by atoms with Gasteiger partial charge in [-0.25, -0.2) is 4.98 Å². The molecule has 0 aliphatic heterocycles. The summed E-state index contributed by atoms with van der Waals surface area (Å²) >= 11 is 3.44. The molecule has 0 bridgehead atoms. The number of halogens is 1. The molecule has 0 atom stereocenters. The molecule has 1 aromatic heterocycles. The lowest BCUT2D eigenvalue weighted by Gasteiger charge is -2.09. The molecule has 6 heteroatoms. The van der Waals surface area contributed by atoms with Gasteiger partial charge in [0.25, 0.3) is 0 Å². The Kier molecular flexibility index (Phi) is 3.17. The van der Waals surface area contributed by atoms with Crippen molar-refractivity contribution < 1.29 is 0 Å². The maximum atomic E-state index is 9.13. The van der Waals surface area contributed by atoms with Crippen molar-refractivity contribution in [2.24, 2.45) is 0 Å². The Balaban J connectivity index is 2.75. The molecule has 0 amide bonds. The monoisotopic (exact) mass is 303 g/mol. The number of benzene rings is 1. The Morgan fingerprint density at radius 2 is 2.00 bits per heavy atom. The fraction of sp³-hybridized carbons (Fsp3) is 0.0833. The van der Waals surface area contributed by atoms with Gasteiger partial charge in [0.1, 0.15) is 17.5 Å². The van der Waals surface area contributed by atoms with Gasteiger partial charge in [-0.15, -0.1) is 0 Å². The van der Waals surface area contributed by atoms with E-state index in [1.54, 1.807) is 0 Å². The summed E-state index contributed by atoms with van der Waals surface area (Å²) in [5.74, 6) is 0.140. The number of aryl methyl sites for hydroxylation is 1. The number of nitrogens with two attached hydrogens (primary N) is 2. The van der Waals surface area contributed by atoms with Crippen LogP contribution in [0.15, 0.2) is 22.7 Å². The van der Waals surface area contributed by atoms with Gasteiger partial charge in [-0.3, -0.25) is 0 Å². The predicted octanol–water partition coefficient (Wildman–Crippen LogP) is 2.25. The van der Waals surface area contributed by atoms with Gasteiger partial charge in [-0.2, -0.15) is 10.2 Å². The molecular weight excluding hydrogens is 294 g/mol. The Morgan fingerprint density at radius 1 is 1.28 bits per heavy atom. The highest BCUT2D eigenvalue weighted by Gasteiger charge is 2.15. The van der Waals surface area contributed by atoms with Crippen LogP contribution in [0.1, 0.15) is 11.1 Å². The van der Waals surface area contributed by atoms with Crippen molar-refractivity contribution in [3.63, 3.8) is 0 Å². The SMILES string of the molecule is Cc1ccc(-c2nc(N)nc(N)c2C#N)c(Br)c1. The van der Waals surface area contributed by atoms with E-state index in [4.69, 9.17) is 16.7 Å². The molecule has 0 saturated carbocycles. The number of nitrogens with zero attached hydrogens (tertiary/aromatic N) is 3. The lowest BCUT2D eigenvalue weighted by molar-refractivity contribution is 1.18. The third-order valence-electron chi connectivity index (χ3n) is 2.45. The van der Waals surface area contributed by atoms with Gasteiger partial charge < -0.3 is 11.5 Å². The fourth-order valence-electron chi connectivity index (χ4n) is 1.61. The smallest absolute Gasteiger partial charge is 0.222 e. The molecule has 1 aromatic carbocycles. The normalized spacial score (nSPS) is 10.1. The second-order valence-electron chi connectivity index (χ2n) is 3.79. The van der Waals surface area contributed by atoms with Crippen molar-refractivity contribution in [2.45, 2.75) is 6.92 Å². The molecule has 0 spiro atoms. The van der Waals surface area contributed by atoms with E-state index in [9.17, 15) is 0 Å². The van der Waals surface area contributed by atoms with Crippen LogP contribution in [0.3, 0.4) is 0 Å². The van der Waals surface area contributed by atoms with Gasteiger partial charge in [0.15, 0.2) is 0 Å². The number of hydrogen-bond acceptors (Lipinski definition) is 5. The van der Waals surface area contributed by atoms with Gasteiger partial charge in [-0.1, -0.05) is 28.1 Å². The van der Waals surface area contributed by atoms with E-state index >= 15 is 0 Å². The molecule has 2 rings (SSSR count). The van der Waals surface area contributed by atoms with Crippen LogP contribution in [0.4, 0.5) is 11.8 Å². The van der Waals surface area contributed by atoms with Crippen LogP contribution in [0.2, 0.25) is 0 Å². The molecule has 0 radical (unpaired) electrons. The van der Waals surface area contributed by atoms with E-state index in [0.717, 1.165) is 15.6 Å². The van der Waals surface area contributed by atoms with Crippen LogP contribution >= 0.6 is 15.9 Å². The summed E-state index contributed by atoms with van der Waals surface area (Å²) in [6, 6.07) is 7.73. The molecule has 1 heterocycles. The van der Waals surface area contributed by atoms with E-state index in [1.807, 2.05) is 31.2 Å². The highest BCUT2D eigenvalue weighted by molar-refractivity contribution is 9.10. The summed E-state index contributed by atoms with van der Waals surface area (Å²) in [5.41, 5.74) is 13.8. The third-order valence-corrected chi connectivity index (χ3v) is 3.10. The first-order valence-corrected chi connectivity index (χ1v) is 5.92. The predicted molar refractivity (Wildman–Crippen MR) is 73.4 cm³/mol. The Hall–Kier alpha value is -2.13. The molecule has 0 saturated heterocycles. The second-order valence-corrected chi connectivity index (χ2v) is 4.64. The quantitative estimate of drug-likeness (QED) is 0.841. The number of anilines is 2. The largest absolute Gasteiger partial charge is 0.382 e. The molecule has 0 fully saturated rings.